The highest BCUT2D eigenvalue weighted by atomic mass is 16.5. The fraction of sp³-hybridized carbons (Fsp3) is 0.438. The molecule has 1 aliphatic rings. The zero-order chi connectivity index (χ0) is 18.4. The summed E-state index contributed by atoms with van der Waals surface area (Å²) in [7, 11) is 1.62. The van der Waals surface area contributed by atoms with Crippen molar-refractivity contribution in [3.05, 3.63) is 35.7 Å². The van der Waals surface area contributed by atoms with E-state index in [0.29, 0.717) is 25.5 Å². The van der Waals surface area contributed by atoms with Gasteiger partial charge in [-0.2, -0.15) is 5.21 Å². The molecule has 0 aliphatic carbocycles. The van der Waals surface area contributed by atoms with Gasteiger partial charge in [0, 0.05) is 25.2 Å². The number of benzene rings is 1. The molecule has 0 radical (unpaired) electrons. The zero-order valence-corrected chi connectivity index (χ0v) is 14.4. The summed E-state index contributed by atoms with van der Waals surface area (Å²) >= 11 is 0. The third kappa shape index (κ3) is 4.33. The molecule has 0 saturated carbocycles. The Morgan fingerprint density at radius 3 is 3.04 bits per heavy atom. The summed E-state index contributed by atoms with van der Waals surface area (Å²) in [6.07, 6.45) is 0.0544. The van der Waals surface area contributed by atoms with Crippen molar-refractivity contribution in [3.63, 3.8) is 0 Å². The zero-order valence-electron chi connectivity index (χ0n) is 14.4. The molecule has 10 nitrogen and oxygen atoms in total. The number of aromatic nitrogens is 4. The monoisotopic (exact) mass is 359 g/mol. The third-order valence-electron chi connectivity index (χ3n) is 4.22. The Hall–Kier alpha value is -3.01. The van der Waals surface area contributed by atoms with Crippen LogP contribution >= 0.6 is 0 Å². The summed E-state index contributed by atoms with van der Waals surface area (Å²) in [6.45, 7) is 1.90. The molecule has 1 aromatic carbocycles. The van der Waals surface area contributed by atoms with Crippen molar-refractivity contribution in [2.45, 2.75) is 25.6 Å². The molecule has 138 valence electrons. The van der Waals surface area contributed by atoms with Crippen LogP contribution < -0.4 is 15.4 Å². The van der Waals surface area contributed by atoms with Crippen molar-refractivity contribution in [1.29, 1.82) is 0 Å². The molecule has 3 rings (SSSR count). The van der Waals surface area contributed by atoms with Crippen LogP contribution in [0.25, 0.3) is 0 Å². The van der Waals surface area contributed by atoms with E-state index in [1.807, 2.05) is 29.2 Å². The second kappa shape index (κ2) is 8.39. The average molecular weight is 359 g/mol. The van der Waals surface area contributed by atoms with Crippen LogP contribution in [-0.2, 0) is 22.7 Å². The highest BCUT2D eigenvalue weighted by Gasteiger charge is 2.32. The molecule has 1 unspecified atom stereocenters. The van der Waals surface area contributed by atoms with Crippen LogP contribution in [0.2, 0.25) is 0 Å². The summed E-state index contributed by atoms with van der Waals surface area (Å²) in [5, 5.41) is 18.8. The molecule has 2 heterocycles. The standard InChI is InChI=1S/C16H21N7O3/c1-26-13-5-3-2-4-11(13)10-23-7-6-17-16(25)12(23)8-15(24)18-9-14-19-21-22-20-14/h2-5,12H,6-10H2,1H3,(H,17,25)(H,18,24)(H,19,20,21,22). The van der Waals surface area contributed by atoms with Crippen LogP contribution in [0.1, 0.15) is 17.8 Å². The van der Waals surface area contributed by atoms with Crippen molar-refractivity contribution in [2.24, 2.45) is 0 Å². The summed E-state index contributed by atoms with van der Waals surface area (Å²) in [5.74, 6) is 0.749. The van der Waals surface area contributed by atoms with Gasteiger partial charge in [0.25, 0.3) is 0 Å². The normalized spacial score (nSPS) is 17.6. The molecule has 3 N–H and O–H groups in total. The Morgan fingerprint density at radius 2 is 2.27 bits per heavy atom. The van der Waals surface area contributed by atoms with E-state index in [2.05, 4.69) is 31.3 Å². The number of hydrogen-bond acceptors (Lipinski definition) is 7. The van der Waals surface area contributed by atoms with Gasteiger partial charge in [-0.05, 0) is 6.07 Å². The van der Waals surface area contributed by atoms with E-state index in [1.54, 1.807) is 7.11 Å². The fourth-order valence-electron chi connectivity index (χ4n) is 2.91. The Morgan fingerprint density at radius 1 is 1.42 bits per heavy atom. The number of nitrogens with one attached hydrogen (secondary N) is 3. The summed E-state index contributed by atoms with van der Waals surface area (Å²) in [4.78, 5) is 26.5. The molecule has 1 aromatic heterocycles. The lowest BCUT2D eigenvalue weighted by Crippen LogP contribution is -2.56. The van der Waals surface area contributed by atoms with Gasteiger partial charge in [0.05, 0.1) is 26.1 Å². The Balaban J connectivity index is 1.64. The van der Waals surface area contributed by atoms with Gasteiger partial charge >= 0.3 is 0 Å². The first kappa shape index (κ1) is 17.8. The van der Waals surface area contributed by atoms with Crippen molar-refractivity contribution >= 4 is 11.8 Å². The predicted octanol–water partition coefficient (Wildman–Crippen LogP) is -0.785. The summed E-state index contributed by atoms with van der Waals surface area (Å²) in [6, 6.07) is 7.12. The van der Waals surface area contributed by atoms with Crippen LogP contribution in [-0.4, -0.2) is 63.6 Å². The molecule has 2 amide bonds. The number of tetrazole rings is 1. The van der Waals surface area contributed by atoms with Gasteiger partial charge in [-0.25, -0.2) is 0 Å². The van der Waals surface area contributed by atoms with Gasteiger partial charge < -0.3 is 15.4 Å². The van der Waals surface area contributed by atoms with E-state index in [1.165, 1.54) is 0 Å². The first-order chi connectivity index (χ1) is 12.7. The van der Waals surface area contributed by atoms with E-state index in [-0.39, 0.29) is 24.8 Å². The predicted molar refractivity (Wildman–Crippen MR) is 90.8 cm³/mol. The average Bonchev–Trinajstić information content (AvgIpc) is 3.17. The smallest absolute Gasteiger partial charge is 0.237 e. The minimum atomic E-state index is -0.543. The molecule has 0 spiro atoms. The van der Waals surface area contributed by atoms with Gasteiger partial charge in [-0.1, -0.05) is 23.4 Å². The highest BCUT2D eigenvalue weighted by Crippen LogP contribution is 2.21. The molecule has 1 atom stereocenters. The number of methoxy groups -OCH3 is 1. The van der Waals surface area contributed by atoms with Crippen molar-refractivity contribution < 1.29 is 14.3 Å². The number of nitrogens with zero attached hydrogens (tertiary/aromatic N) is 4. The van der Waals surface area contributed by atoms with E-state index in [9.17, 15) is 9.59 Å². The minimum absolute atomic E-state index is 0.0544. The third-order valence-corrected chi connectivity index (χ3v) is 4.22. The van der Waals surface area contributed by atoms with Crippen molar-refractivity contribution in [2.75, 3.05) is 20.2 Å². The first-order valence-corrected chi connectivity index (χ1v) is 8.30. The van der Waals surface area contributed by atoms with E-state index < -0.39 is 6.04 Å². The molecule has 2 aromatic rings. The fourth-order valence-corrected chi connectivity index (χ4v) is 2.91. The van der Waals surface area contributed by atoms with Gasteiger partial charge in [-0.15, -0.1) is 10.2 Å². The largest absolute Gasteiger partial charge is 0.496 e. The van der Waals surface area contributed by atoms with Gasteiger partial charge in [0.2, 0.25) is 11.8 Å². The van der Waals surface area contributed by atoms with Crippen LogP contribution in [0, 0.1) is 0 Å². The van der Waals surface area contributed by atoms with Gasteiger partial charge in [0.1, 0.15) is 5.75 Å². The second-order valence-corrected chi connectivity index (χ2v) is 5.90. The number of ether oxygens (including phenoxy) is 1. The Bertz CT molecular complexity index is 750. The first-order valence-electron chi connectivity index (χ1n) is 8.30. The number of rotatable bonds is 7. The molecule has 10 heteroatoms. The number of carbonyl (C=O) groups excluding carboxylic acids is 2. The number of amides is 2. The molecule has 26 heavy (non-hydrogen) atoms. The SMILES string of the molecule is COc1ccccc1CN1CCNC(=O)C1CC(=O)NCc1nn[nH]n1. The molecule has 0 bridgehead atoms. The van der Waals surface area contributed by atoms with E-state index in [0.717, 1.165) is 11.3 Å². The minimum Gasteiger partial charge on any atom is -0.496 e. The van der Waals surface area contributed by atoms with Gasteiger partial charge in [0.15, 0.2) is 5.82 Å². The van der Waals surface area contributed by atoms with Crippen LogP contribution in [0.3, 0.4) is 0 Å². The molecular weight excluding hydrogens is 338 g/mol. The summed E-state index contributed by atoms with van der Waals surface area (Å²) in [5.41, 5.74) is 0.974. The molecule has 1 aliphatic heterocycles. The number of H-pyrrole nitrogens is 1. The maximum absolute atomic E-state index is 12.3. The maximum Gasteiger partial charge on any atom is 0.237 e. The Labute approximate surface area is 150 Å². The van der Waals surface area contributed by atoms with Crippen LogP contribution in [0.5, 0.6) is 5.75 Å². The number of para-hydroxylation sites is 1. The van der Waals surface area contributed by atoms with E-state index >= 15 is 0 Å². The number of hydrogen-bond donors (Lipinski definition) is 3. The van der Waals surface area contributed by atoms with Gasteiger partial charge in [-0.3, -0.25) is 14.5 Å². The van der Waals surface area contributed by atoms with Crippen molar-refractivity contribution in [1.82, 2.24) is 36.2 Å². The second-order valence-electron chi connectivity index (χ2n) is 5.90. The van der Waals surface area contributed by atoms with Crippen molar-refractivity contribution in [3.8, 4) is 5.75 Å². The van der Waals surface area contributed by atoms with E-state index in [4.69, 9.17) is 4.74 Å². The van der Waals surface area contributed by atoms with Crippen LogP contribution in [0.15, 0.2) is 24.3 Å². The molecular formula is C16H21N7O3. The lowest BCUT2D eigenvalue weighted by atomic mass is 10.1. The molecule has 1 fully saturated rings. The Kier molecular flexibility index (Phi) is 5.74. The maximum atomic E-state index is 12.3. The number of piperazine rings is 1. The lowest BCUT2D eigenvalue weighted by molar-refractivity contribution is -0.134. The lowest BCUT2D eigenvalue weighted by Gasteiger charge is -2.35. The quantitative estimate of drug-likeness (QED) is 0.592. The molecule has 1 saturated heterocycles. The topological polar surface area (TPSA) is 125 Å². The number of carbonyl (C=O) groups is 2. The number of aromatic amines is 1. The van der Waals surface area contributed by atoms with Crippen LogP contribution in [0.4, 0.5) is 0 Å². The summed E-state index contributed by atoms with van der Waals surface area (Å²) < 4.78 is 5.38. The highest BCUT2D eigenvalue weighted by molar-refractivity contribution is 5.88.